The number of nitrogens with zero attached hydrogens (tertiary/aromatic N) is 5. The van der Waals surface area contributed by atoms with Gasteiger partial charge in [0.1, 0.15) is 0 Å². The van der Waals surface area contributed by atoms with Crippen LogP contribution in [0.2, 0.25) is 15.1 Å². The highest BCUT2D eigenvalue weighted by molar-refractivity contribution is 6.43. The number of anilines is 1. The molecule has 0 atom stereocenters. The summed E-state index contributed by atoms with van der Waals surface area (Å²) in [6.45, 7) is 5.69. The van der Waals surface area contributed by atoms with Gasteiger partial charge in [0.25, 0.3) is 0 Å². The van der Waals surface area contributed by atoms with Gasteiger partial charge in [-0.15, -0.1) is 5.10 Å². The molecule has 0 aliphatic carbocycles. The summed E-state index contributed by atoms with van der Waals surface area (Å²) in [7, 11) is 0. The van der Waals surface area contributed by atoms with E-state index in [0.29, 0.717) is 15.1 Å². The Morgan fingerprint density at radius 3 is 2.38 bits per heavy atom. The van der Waals surface area contributed by atoms with E-state index in [9.17, 15) is 0 Å². The van der Waals surface area contributed by atoms with E-state index in [1.165, 1.54) is 0 Å². The maximum atomic E-state index is 6.37. The molecule has 29 heavy (non-hydrogen) atoms. The van der Waals surface area contributed by atoms with Crippen molar-refractivity contribution in [3.8, 4) is 11.3 Å². The molecule has 5 nitrogen and oxygen atoms in total. The highest BCUT2D eigenvalue weighted by Crippen LogP contribution is 2.33. The zero-order chi connectivity index (χ0) is 20.2. The lowest BCUT2D eigenvalue weighted by Gasteiger charge is -2.36. The van der Waals surface area contributed by atoms with E-state index >= 15 is 0 Å². The van der Waals surface area contributed by atoms with E-state index in [4.69, 9.17) is 34.8 Å². The average molecular weight is 451 g/mol. The Bertz CT molecular complexity index is 966. The molecule has 0 spiro atoms. The van der Waals surface area contributed by atoms with Crippen LogP contribution in [-0.2, 0) is 6.54 Å². The monoisotopic (exact) mass is 449 g/mol. The number of aromatic nitrogens is 3. The van der Waals surface area contributed by atoms with E-state index in [1.807, 2.05) is 47.1 Å². The van der Waals surface area contributed by atoms with E-state index in [2.05, 4.69) is 20.1 Å². The standard InChI is InChI=1S/C21H22Cl3N5/c22-17-6-2-1-5-16(17)20-15-25-26-29(20)10-4-9-27-11-13-28(14-12-27)19-8-3-7-18(23)21(19)24/h1-3,5-8,15H,4,9-14H2. The molecule has 0 amide bonds. The number of aryl methyl sites for hydroxylation is 1. The van der Waals surface area contributed by atoms with Crippen LogP contribution in [0.15, 0.2) is 48.7 Å². The normalized spacial score (nSPS) is 15.1. The van der Waals surface area contributed by atoms with Crippen LogP contribution in [0, 0.1) is 0 Å². The summed E-state index contributed by atoms with van der Waals surface area (Å²) in [5.41, 5.74) is 2.94. The van der Waals surface area contributed by atoms with Gasteiger partial charge in [-0.1, -0.05) is 64.3 Å². The minimum Gasteiger partial charge on any atom is -0.368 e. The van der Waals surface area contributed by atoms with Gasteiger partial charge in [-0.3, -0.25) is 4.90 Å². The quantitative estimate of drug-likeness (QED) is 0.522. The number of rotatable bonds is 6. The largest absolute Gasteiger partial charge is 0.368 e. The Labute approximate surface area is 185 Å². The number of hydrogen-bond acceptors (Lipinski definition) is 4. The third-order valence-electron chi connectivity index (χ3n) is 5.26. The average Bonchev–Trinajstić information content (AvgIpc) is 3.19. The Kier molecular flexibility index (Phi) is 6.60. The Morgan fingerprint density at radius 1 is 0.828 bits per heavy atom. The third kappa shape index (κ3) is 4.69. The summed E-state index contributed by atoms with van der Waals surface area (Å²) >= 11 is 18.9. The van der Waals surface area contributed by atoms with E-state index in [0.717, 1.165) is 62.6 Å². The zero-order valence-corrected chi connectivity index (χ0v) is 18.2. The number of benzene rings is 2. The Morgan fingerprint density at radius 2 is 1.59 bits per heavy atom. The van der Waals surface area contributed by atoms with Crippen molar-refractivity contribution in [2.45, 2.75) is 13.0 Å². The van der Waals surface area contributed by atoms with Crippen LogP contribution in [0.5, 0.6) is 0 Å². The van der Waals surface area contributed by atoms with E-state index in [-0.39, 0.29) is 0 Å². The fourth-order valence-corrected chi connectivity index (χ4v) is 4.34. The van der Waals surface area contributed by atoms with Gasteiger partial charge in [-0.25, -0.2) is 4.68 Å². The van der Waals surface area contributed by atoms with Crippen LogP contribution in [-0.4, -0.2) is 52.6 Å². The molecule has 1 aromatic heterocycles. The summed E-state index contributed by atoms with van der Waals surface area (Å²) < 4.78 is 1.93. The van der Waals surface area contributed by atoms with Gasteiger partial charge in [0.2, 0.25) is 0 Å². The summed E-state index contributed by atoms with van der Waals surface area (Å²) in [5.74, 6) is 0. The third-order valence-corrected chi connectivity index (χ3v) is 6.39. The number of halogens is 3. The van der Waals surface area contributed by atoms with Crippen molar-refractivity contribution in [1.82, 2.24) is 19.9 Å². The SMILES string of the molecule is Clc1ccccc1-c1cnnn1CCCN1CCN(c2cccc(Cl)c2Cl)CC1. The first-order valence-electron chi connectivity index (χ1n) is 9.68. The maximum Gasteiger partial charge on any atom is 0.0900 e. The maximum absolute atomic E-state index is 6.37. The Hall–Kier alpha value is -1.79. The molecular formula is C21H22Cl3N5. The van der Waals surface area contributed by atoms with Crippen molar-refractivity contribution < 1.29 is 0 Å². The van der Waals surface area contributed by atoms with Crippen LogP contribution in [0.1, 0.15) is 6.42 Å². The Balaban J connectivity index is 1.30. The second-order valence-corrected chi connectivity index (χ2v) is 8.27. The molecule has 1 aliphatic heterocycles. The van der Waals surface area contributed by atoms with Crippen LogP contribution < -0.4 is 4.90 Å². The van der Waals surface area contributed by atoms with Crippen molar-refractivity contribution >= 4 is 40.5 Å². The first-order valence-corrected chi connectivity index (χ1v) is 10.8. The van der Waals surface area contributed by atoms with Crippen LogP contribution in [0.25, 0.3) is 11.3 Å². The second kappa shape index (κ2) is 9.35. The van der Waals surface area contributed by atoms with Gasteiger partial charge < -0.3 is 4.90 Å². The molecule has 2 heterocycles. The minimum absolute atomic E-state index is 0.605. The zero-order valence-electron chi connectivity index (χ0n) is 15.9. The first kappa shape index (κ1) is 20.5. The molecule has 1 fully saturated rings. The second-order valence-electron chi connectivity index (χ2n) is 7.08. The lowest BCUT2D eigenvalue weighted by atomic mass is 10.1. The van der Waals surface area contributed by atoms with Crippen LogP contribution >= 0.6 is 34.8 Å². The molecule has 4 rings (SSSR count). The molecule has 1 saturated heterocycles. The first-order chi connectivity index (χ1) is 14.1. The summed E-state index contributed by atoms with van der Waals surface area (Å²) in [5, 5.41) is 10.3. The van der Waals surface area contributed by atoms with Gasteiger partial charge in [0.05, 0.1) is 32.6 Å². The van der Waals surface area contributed by atoms with Gasteiger partial charge in [0.15, 0.2) is 0 Å². The molecule has 1 aliphatic rings. The van der Waals surface area contributed by atoms with Gasteiger partial charge >= 0.3 is 0 Å². The smallest absolute Gasteiger partial charge is 0.0900 e. The fourth-order valence-electron chi connectivity index (χ4n) is 3.69. The highest BCUT2D eigenvalue weighted by Gasteiger charge is 2.19. The molecule has 0 radical (unpaired) electrons. The van der Waals surface area contributed by atoms with Crippen molar-refractivity contribution in [3.05, 3.63) is 63.7 Å². The van der Waals surface area contributed by atoms with Gasteiger partial charge in [-0.2, -0.15) is 0 Å². The van der Waals surface area contributed by atoms with Crippen molar-refractivity contribution in [1.29, 1.82) is 0 Å². The topological polar surface area (TPSA) is 37.2 Å². The summed E-state index contributed by atoms with van der Waals surface area (Å²) in [6.07, 6.45) is 2.77. The van der Waals surface area contributed by atoms with E-state index in [1.54, 1.807) is 6.20 Å². The van der Waals surface area contributed by atoms with Crippen molar-refractivity contribution in [2.24, 2.45) is 0 Å². The lowest BCUT2D eigenvalue weighted by Crippen LogP contribution is -2.46. The van der Waals surface area contributed by atoms with Crippen LogP contribution in [0.4, 0.5) is 5.69 Å². The minimum atomic E-state index is 0.605. The predicted octanol–water partition coefficient (Wildman–Crippen LogP) is 5.12. The molecule has 0 unspecified atom stereocenters. The van der Waals surface area contributed by atoms with Crippen LogP contribution in [0.3, 0.4) is 0 Å². The number of hydrogen-bond donors (Lipinski definition) is 0. The highest BCUT2D eigenvalue weighted by atomic mass is 35.5. The molecule has 2 aromatic carbocycles. The molecule has 152 valence electrons. The van der Waals surface area contributed by atoms with E-state index < -0.39 is 0 Å². The fraction of sp³-hybridized carbons (Fsp3) is 0.333. The van der Waals surface area contributed by atoms with Crippen molar-refractivity contribution in [2.75, 3.05) is 37.6 Å². The number of piperazine rings is 1. The molecule has 0 saturated carbocycles. The predicted molar refractivity (Wildman–Crippen MR) is 120 cm³/mol. The molecule has 0 bridgehead atoms. The van der Waals surface area contributed by atoms with Gasteiger partial charge in [0, 0.05) is 44.8 Å². The van der Waals surface area contributed by atoms with Crippen molar-refractivity contribution in [3.63, 3.8) is 0 Å². The molecular weight excluding hydrogens is 429 g/mol. The summed E-state index contributed by atoms with van der Waals surface area (Å²) in [6, 6.07) is 13.6. The molecule has 8 heteroatoms. The van der Waals surface area contributed by atoms with Gasteiger partial charge in [-0.05, 0) is 24.6 Å². The summed E-state index contributed by atoms with van der Waals surface area (Å²) in [4.78, 5) is 4.78. The molecule has 3 aromatic rings. The lowest BCUT2D eigenvalue weighted by molar-refractivity contribution is 0.249. The molecule has 0 N–H and O–H groups in total.